The summed E-state index contributed by atoms with van der Waals surface area (Å²) in [6, 6.07) is 13.0. The predicted molar refractivity (Wildman–Crippen MR) is 138 cm³/mol. The summed E-state index contributed by atoms with van der Waals surface area (Å²) in [4.78, 5) is 28.1. The molecule has 1 heterocycles. The molecule has 1 saturated heterocycles. The lowest BCUT2D eigenvalue weighted by Crippen LogP contribution is -2.30. The minimum absolute atomic E-state index is 0.104. The third-order valence-corrected chi connectivity index (χ3v) is 6.47. The van der Waals surface area contributed by atoms with Gasteiger partial charge in [0.15, 0.2) is 11.5 Å². The maximum Gasteiger partial charge on any atom is 0.300 e. The molecule has 0 radical (unpaired) electrons. The minimum atomic E-state index is -1.07. The van der Waals surface area contributed by atoms with E-state index < -0.39 is 23.5 Å². The summed E-state index contributed by atoms with van der Waals surface area (Å²) in [5, 5.41) is 22.2. The molecule has 1 unspecified atom stereocenters. The SMILES string of the molecule is CCOc1cc(C2/C(=C(\O)c3cc(OC)ccc3Cl)C(=O)C(=O)N2c2cc(Cl)ccc2C)ccc1O. The molecule has 3 aromatic carbocycles. The summed E-state index contributed by atoms with van der Waals surface area (Å²) in [6.45, 7) is 3.83. The van der Waals surface area contributed by atoms with Gasteiger partial charge in [-0.3, -0.25) is 14.5 Å². The van der Waals surface area contributed by atoms with Crippen LogP contribution < -0.4 is 14.4 Å². The number of rotatable bonds is 6. The van der Waals surface area contributed by atoms with Crippen LogP contribution in [0.15, 0.2) is 60.2 Å². The standard InChI is InChI=1S/C27H23Cl2NO6/c1-4-36-22-11-15(6-10-21(22)31)24-23(25(32)18-13-17(35-3)8-9-19(18)29)26(33)27(34)30(24)20-12-16(28)7-5-14(20)2/h5-13,24,31-32H,4H2,1-3H3/b25-23+. The molecule has 1 atom stereocenters. The van der Waals surface area contributed by atoms with E-state index in [0.717, 1.165) is 0 Å². The quantitative estimate of drug-likeness (QED) is 0.230. The van der Waals surface area contributed by atoms with Crippen molar-refractivity contribution in [2.45, 2.75) is 19.9 Å². The number of carbonyl (C=O) groups excluding carboxylic acids is 2. The van der Waals surface area contributed by atoms with E-state index in [9.17, 15) is 19.8 Å². The molecule has 0 aromatic heterocycles. The average Bonchev–Trinajstić information content (AvgIpc) is 3.12. The highest BCUT2D eigenvalue weighted by atomic mass is 35.5. The number of aliphatic hydroxyl groups excluding tert-OH is 1. The first-order chi connectivity index (χ1) is 17.2. The first-order valence-electron chi connectivity index (χ1n) is 11.0. The monoisotopic (exact) mass is 527 g/mol. The number of methoxy groups -OCH3 is 1. The number of aryl methyl sites for hydroxylation is 1. The van der Waals surface area contributed by atoms with Crippen LogP contribution in [0.1, 0.15) is 29.7 Å². The lowest BCUT2D eigenvalue weighted by molar-refractivity contribution is -0.132. The number of amides is 1. The van der Waals surface area contributed by atoms with Crippen molar-refractivity contribution >= 4 is 46.3 Å². The number of hydrogen-bond donors (Lipinski definition) is 2. The Labute approximate surface area is 218 Å². The van der Waals surface area contributed by atoms with Gasteiger partial charge < -0.3 is 19.7 Å². The molecule has 1 fully saturated rings. The summed E-state index contributed by atoms with van der Waals surface area (Å²) in [6.07, 6.45) is 0. The number of aromatic hydroxyl groups is 1. The van der Waals surface area contributed by atoms with Crippen molar-refractivity contribution in [1.29, 1.82) is 0 Å². The van der Waals surface area contributed by atoms with Gasteiger partial charge in [-0.15, -0.1) is 0 Å². The van der Waals surface area contributed by atoms with Gasteiger partial charge in [0.2, 0.25) is 0 Å². The van der Waals surface area contributed by atoms with Crippen molar-refractivity contribution < 1.29 is 29.3 Å². The smallest absolute Gasteiger partial charge is 0.300 e. The predicted octanol–water partition coefficient (Wildman–Crippen LogP) is 6.04. The van der Waals surface area contributed by atoms with Gasteiger partial charge in [0.25, 0.3) is 11.7 Å². The van der Waals surface area contributed by atoms with E-state index in [2.05, 4.69) is 0 Å². The number of phenols is 1. The number of Topliss-reactive ketones (excluding diaryl/α,β-unsaturated/α-hetero) is 1. The number of anilines is 1. The number of nitrogens with zero attached hydrogens (tertiary/aromatic N) is 1. The van der Waals surface area contributed by atoms with Gasteiger partial charge in [-0.05, 0) is 67.4 Å². The lowest BCUT2D eigenvalue weighted by Gasteiger charge is -2.27. The number of ketones is 1. The van der Waals surface area contributed by atoms with Crippen LogP contribution in [0.25, 0.3) is 5.76 Å². The second kappa shape index (κ2) is 10.1. The van der Waals surface area contributed by atoms with Gasteiger partial charge in [-0.1, -0.05) is 35.3 Å². The second-order valence-corrected chi connectivity index (χ2v) is 8.95. The van der Waals surface area contributed by atoms with E-state index in [1.807, 2.05) is 0 Å². The molecule has 1 aliphatic rings. The summed E-state index contributed by atoms with van der Waals surface area (Å²) in [5.41, 5.74) is 1.47. The molecule has 4 rings (SSSR count). The Morgan fingerprint density at radius 1 is 1.06 bits per heavy atom. The normalized spacial score (nSPS) is 16.9. The summed E-state index contributed by atoms with van der Waals surface area (Å²) >= 11 is 12.6. The highest BCUT2D eigenvalue weighted by Gasteiger charge is 2.47. The third kappa shape index (κ3) is 4.47. The fourth-order valence-electron chi connectivity index (χ4n) is 4.17. The molecule has 1 aliphatic heterocycles. The van der Waals surface area contributed by atoms with Crippen LogP contribution in [0.4, 0.5) is 5.69 Å². The summed E-state index contributed by atoms with van der Waals surface area (Å²) < 4.78 is 10.8. The fourth-order valence-corrected chi connectivity index (χ4v) is 4.54. The maximum absolute atomic E-state index is 13.4. The van der Waals surface area contributed by atoms with E-state index in [1.54, 1.807) is 44.2 Å². The maximum atomic E-state index is 13.4. The molecule has 1 amide bonds. The van der Waals surface area contributed by atoms with Crippen molar-refractivity contribution in [3.05, 3.63) is 86.9 Å². The van der Waals surface area contributed by atoms with Crippen molar-refractivity contribution in [3.8, 4) is 17.2 Å². The Bertz CT molecular complexity index is 1400. The zero-order valence-corrected chi connectivity index (χ0v) is 21.2. The second-order valence-electron chi connectivity index (χ2n) is 8.11. The number of ether oxygens (including phenoxy) is 2. The number of halogens is 2. The van der Waals surface area contributed by atoms with E-state index in [0.29, 0.717) is 27.6 Å². The van der Waals surface area contributed by atoms with Gasteiger partial charge in [0, 0.05) is 16.3 Å². The Kier molecular flexibility index (Phi) is 7.15. The Balaban J connectivity index is 2.02. The Morgan fingerprint density at radius 2 is 1.81 bits per heavy atom. The Hall–Kier alpha value is -3.68. The van der Waals surface area contributed by atoms with E-state index in [4.69, 9.17) is 32.7 Å². The zero-order valence-electron chi connectivity index (χ0n) is 19.7. The molecule has 7 nitrogen and oxygen atoms in total. The largest absolute Gasteiger partial charge is 0.507 e. The van der Waals surface area contributed by atoms with Crippen LogP contribution in [0.3, 0.4) is 0 Å². The lowest BCUT2D eigenvalue weighted by atomic mass is 9.94. The number of phenolic OH excluding ortho intramolecular Hbond substituents is 1. The van der Waals surface area contributed by atoms with Gasteiger partial charge in [0.05, 0.1) is 30.4 Å². The fraction of sp³-hybridized carbons (Fsp3) is 0.185. The van der Waals surface area contributed by atoms with Crippen molar-refractivity contribution in [1.82, 2.24) is 0 Å². The summed E-state index contributed by atoms with van der Waals surface area (Å²) in [5.74, 6) is -1.75. The van der Waals surface area contributed by atoms with E-state index in [1.165, 1.54) is 36.3 Å². The molecular weight excluding hydrogens is 505 g/mol. The molecule has 0 saturated carbocycles. The number of aliphatic hydroxyl groups is 1. The molecule has 0 bridgehead atoms. The number of hydrogen-bond acceptors (Lipinski definition) is 6. The van der Waals surface area contributed by atoms with Gasteiger partial charge >= 0.3 is 0 Å². The molecular formula is C27H23Cl2NO6. The van der Waals surface area contributed by atoms with Crippen LogP contribution in [-0.4, -0.2) is 35.6 Å². The van der Waals surface area contributed by atoms with Crippen LogP contribution >= 0.6 is 23.2 Å². The molecule has 36 heavy (non-hydrogen) atoms. The average molecular weight is 528 g/mol. The minimum Gasteiger partial charge on any atom is -0.507 e. The molecule has 0 spiro atoms. The molecule has 0 aliphatic carbocycles. The molecule has 3 aromatic rings. The van der Waals surface area contributed by atoms with Gasteiger partial charge in [0.1, 0.15) is 11.5 Å². The highest BCUT2D eigenvalue weighted by Crippen LogP contribution is 2.46. The first-order valence-corrected chi connectivity index (χ1v) is 11.8. The zero-order chi connectivity index (χ0) is 26.1. The summed E-state index contributed by atoms with van der Waals surface area (Å²) in [7, 11) is 1.46. The third-order valence-electron chi connectivity index (χ3n) is 5.90. The van der Waals surface area contributed by atoms with Crippen LogP contribution in [0.5, 0.6) is 17.2 Å². The number of carbonyl (C=O) groups is 2. The molecule has 186 valence electrons. The van der Waals surface area contributed by atoms with Gasteiger partial charge in [-0.2, -0.15) is 0 Å². The van der Waals surface area contributed by atoms with Crippen molar-refractivity contribution in [3.63, 3.8) is 0 Å². The van der Waals surface area contributed by atoms with Crippen LogP contribution in [0.2, 0.25) is 10.0 Å². The van der Waals surface area contributed by atoms with Gasteiger partial charge in [-0.25, -0.2) is 0 Å². The highest BCUT2D eigenvalue weighted by molar-refractivity contribution is 6.52. The van der Waals surface area contributed by atoms with E-state index >= 15 is 0 Å². The topological polar surface area (TPSA) is 96.3 Å². The molecule has 2 N–H and O–H groups in total. The van der Waals surface area contributed by atoms with Crippen LogP contribution in [-0.2, 0) is 9.59 Å². The number of benzene rings is 3. The molecule has 9 heteroatoms. The van der Waals surface area contributed by atoms with Crippen molar-refractivity contribution in [2.24, 2.45) is 0 Å². The first kappa shape index (κ1) is 25.4. The van der Waals surface area contributed by atoms with E-state index in [-0.39, 0.29) is 34.3 Å². The van der Waals surface area contributed by atoms with Crippen LogP contribution in [0, 0.1) is 6.92 Å². The Morgan fingerprint density at radius 3 is 2.50 bits per heavy atom. The van der Waals surface area contributed by atoms with Crippen molar-refractivity contribution in [2.75, 3.05) is 18.6 Å².